The van der Waals surface area contributed by atoms with Gasteiger partial charge in [-0.1, -0.05) is 12.8 Å². The Hall–Kier alpha value is -1.95. The van der Waals surface area contributed by atoms with Crippen LogP contribution >= 0.6 is 0 Å². The van der Waals surface area contributed by atoms with E-state index in [9.17, 15) is 14.0 Å². The summed E-state index contributed by atoms with van der Waals surface area (Å²) >= 11 is 0. The summed E-state index contributed by atoms with van der Waals surface area (Å²) in [5.41, 5.74) is 5.54. The maximum atomic E-state index is 13.8. The minimum absolute atomic E-state index is 0.00587. The van der Waals surface area contributed by atoms with Crippen molar-refractivity contribution in [2.24, 2.45) is 17.6 Å². The number of aromatic carboxylic acids is 1. The highest BCUT2D eigenvalue weighted by molar-refractivity contribution is 5.94. The Bertz CT molecular complexity index is 548. The maximum Gasteiger partial charge on any atom is 0.335 e. The van der Waals surface area contributed by atoms with Crippen LogP contribution in [0.3, 0.4) is 0 Å². The van der Waals surface area contributed by atoms with Gasteiger partial charge in [0.2, 0.25) is 5.91 Å². The molecule has 0 bridgehead atoms. The Labute approximate surface area is 122 Å². The number of amides is 1. The molecule has 1 aliphatic carbocycles. The van der Waals surface area contributed by atoms with Gasteiger partial charge in [-0.3, -0.25) is 4.79 Å². The Kier molecular flexibility index (Phi) is 4.90. The molecule has 4 N–H and O–H groups in total. The number of carboxylic acid groups (broad SMARTS) is 1. The molecule has 0 heterocycles. The highest BCUT2D eigenvalue weighted by Gasteiger charge is 2.30. The third-order valence-corrected chi connectivity index (χ3v) is 4.02. The summed E-state index contributed by atoms with van der Waals surface area (Å²) in [6.45, 7) is 0.443. The smallest absolute Gasteiger partial charge is 0.335 e. The second-order valence-electron chi connectivity index (χ2n) is 5.38. The quantitative estimate of drug-likeness (QED) is 0.794. The van der Waals surface area contributed by atoms with Crippen molar-refractivity contribution < 1.29 is 19.1 Å². The Morgan fingerprint density at radius 3 is 2.67 bits per heavy atom. The first-order chi connectivity index (χ1) is 10.0. The van der Waals surface area contributed by atoms with E-state index in [2.05, 4.69) is 5.32 Å². The third-order valence-electron chi connectivity index (χ3n) is 4.02. The highest BCUT2D eigenvalue weighted by Crippen LogP contribution is 2.30. The van der Waals surface area contributed by atoms with Gasteiger partial charge in [0.25, 0.3) is 0 Å². The van der Waals surface area contributed by atoms with Gasteiger partial charge in [0.1, 0.15) is 5.82 Å². The Morgan fingerprint density at radius 1 is 1.33 bits per heavy atom. The zero-order valence-corrected chi connectivity index (χ0v) is 11.6. The molecule has 0 radical (unpaired) electrons. The minimum atomic E-state index is -1.21. The minimum Gasteiger partial charge on any atom is -0.478 e. The lowest BCUT2D eigenvalue weighted by atomic mass is 9.78. The molecule has 6 heteroatoms. The summed E-state index contributed by atoms with van der Waals surface area (Å²) in [4.78, 5) is 23.0. The lowest BCUT2D eigenvalue weighted by Gasteiger charge is -2.29. The van der Waals surface area contributed by atoms with Crippen molar-refractivity contribution in [2.45, 2.75) is 25.7 Å². The lowest BCUT2D eigenvalue weighted by molar-refractivity contribution is -0.122. The molecular weight excluding hydrogens is 275 g/mol. The van der Waals surface area contributed by atoms with Crippen molar-refractivity contribution in [1.29, 1.82) is 0 Å². The Morgan fingerprint density at radius 2 is 2.05 bits per heavy atom. The van der Waals surface area contributed by atoms with E-state index in [1.54, 1.807) is 0 Å². The van der Waals surface area contributed by atoms with Crippen molar-refractivity contribution in [3.63, 3.8) is 0 Å². The average molecular weight is 294 g/mol. The predicted octanol–water partition coefficient (Wildman–Crippen LogP) is 2.23. The van der Waals surface area contributed by atoms with Crippen molar-refractivity contribution in [3.05, 3.63) is 29.6 Å². The zero-order chi connectivity index (χ0) is 15.4. The molecule has 1 aliphatic rings. The standard InChI is InChI=1S/C15H19FN2O3/c16-12-7-9(15(20)21)5-6-13(12)18-14(19)11-4-2-1-3-10(11)8-17/h5-7,10-11H,1-4,8,17H2,(H,18,19)(H,20,21). The van der Waals surface area contributed by atoms with Crippen LogP contribution in [0.15, 0.2) is 18.2 Å². The molecule has 0 aromatic heterocycles. The van der Waals surface area contributed by atoms with Crippen LogP contribution in [0.5, 0.6) is 0 Å². The van der Waals surface area contributed by atoms with Gasteiger partial charge in [-0.15, -0.1) is 0 Å². The summed E-state index contributed by atoms with van der Waals surface area (Å²) in [6, 6.07) is 3.44. The fraction of sp³-hybridized carbons (Fsp3) is 0.467. The number of hydrogen-bond acceptors (Lipinski definition) is 3. The fourth-order valence-corrected chi connectivity index (χ4v) is 2.81. The van der Waals surface area contributed by atoms with Gasteiger partial charge in [0, 0.05) is 5.92 Å². The number of hydrogen-bond donors (Lipinski definition) is 3. The van der Waals surface area contributed by atoms with Crippen LogP contribution in [0.25, 0.3) is 0 Å². The van der Waals surface area contributed by atoms with Gasteiger partial charge in [0.05, 0.1) is 11.3 Å². The van der Waals surface area contributed by atoms with E-state index >= 15 is 0 Å². The van der Waals surface area contributed by atoms with Crippen LogP contribution in [0.2, 0.25) is 0 Å². The van der Waals surface area contributed by atoms with Gasteiger partial charge in [-0.05, 0) is 43.5 Å². The van der Waals surface area contributed by atoms with Crippen molar-refractivity contribution >= 4 is 17.6 Å². The van der Waals surface area contributed by atoms with Crippen LogP contribution in [0.1, 0.15) is 36.0 Å². The molecule has 0 saturated heterocycles. The summed E-state index contributed by atoms with van der Waals surface area (Å²) < 4.78 is 13.8. The van der Waals surface area contributed by atoms with E-state index in [0.29, 0.717) is 6.54 Å². The highest BCUT2D eigenvalue weighted by atomic mass is 19.1. The van der Waals surface area contributed by atoms with E-state index in [-0.39, 0.29) is 29.0 Å². The van der Waals surface area contributed by atoms with Gasteiger partial charge in [0.15, 0.2) is 0 Å². The van der Waals surface area contributed by atoms with E-state index in [1.807, 2.05) is 0 Å². The molecule has 114 valence electrons. The first kappa shape index (κ1) is 15.4. The number of carbonyl (C=O) groups is 2. The molecule has 1 aromatic rings. The van der Waals surface area contributed by atoms with Crippen LogP contribution in [-0.4, -0.2) is 23.5 Å². The zero-order valence-electron chi connectivity index (χ0n) is 11.6. The van der Waals surface area contributed by atoms with E-state index in [0.717, 1.165) is 31.7 Å². The fourth-order valence-electron chi connectivity index (χ4n) is 2.81. The van der Waals surface area contributed by atoms with Crippen LogP contribution in [0.4, 0.5) is 10.1 Å². The first-order valence-electron chi connectivity index (χ1n) is 7.06. The Balaban J connectivity index is 2.10. The molecule has 0 aliphatic heterocycles. The van der Waals surface area contributed by atoms with Crippen molar-refractivity contribution in [1.82, 2.24) is 0 Å². The normalized spacial score (nSPS) is 21.8. The van der Waals surface area contributed by atoms with Gasteiger partial charge in [-0.25, -0.2) is 9.18 Å². The topological polar surface area (TPSA) is 92.4 Å². The molecule has 1 fully saturated rings. The molecule has 2 atom stereocenters. The van der Waals surface area contributed by atoms with Gasteiger partial charge >= 0.3 is 5.97 Å². The second-order valence-corrected chi connectivity index (χ2v) is 5.38. The average Bonchev–Trinajstić information content (AvgIpc) is 2.48. The van der Waals surface area contributed by atoms with Crippen LogP contribution in [-0.2, 0) is 4.79 Å². The summed E-state index contributed by atoms with van der Waals surface area (Å²) in [6.07, 6.45) is 3.69. The number of anilines is 1. The number of nitrogens with one attached hydrogen (secondary N) is 1. The monoisotopic (exact) mass is 294 g/mol. The van der Waals surface area contributed by atoms with E-state index in [4.69, 9.17) is 10.8 Å². The molecule has 0 spiro atoms. The maximum absolute atomic E-state index is 13.8. The number of carboxylic acids is 1. The number of nitrogens with two attached hydrogens (primary N) is 1. The summed E-state index contributed by atoms with van der Waals surface area (Å²) in [7, 11) is 0. The largest absolute Gasteiger partial charge is 0.478 e. The van der Waals surface area contributed by atoms with Crippen LogP contribution in [0, 0.1) is 17.7 Å². The molecule has 1 saturated carbocycles. The number of benzene rings is 1. The van der Waals surface area contributed by atoms with E-state index < -0.39 is 11.8 Å². The van der Waals surface area contributed by atoms with Crippen molar-refractivity contribution in [2.75, 3.05) is 11.9 Å². The number of rotatable bonds is 4. The van der Waals surface area contributed by atoms with Crippen LogP contribution < -0.4 is 11.1 Å². The van der Waals surface area contributed by atoms with E-state index in [1.165, 1.54) is 12.1 Å². The summed E-state index contributed by atoms with van der Waals surface area (Å²) in [5, 5.41) is 11.3. The first-order valence-corrected chi connectivity index (χ1v) is 7.06. The molecule has 5 nitrogen and oxygen atoms in total. The predicted molar refractivity (Wildman–Crippen MR) is 76.5 cm³/mol. The molecule has 2 rings (SSSR count). The summed E-state index contributed by atoms with van der Waals surface area (Å²) in [5.74, 6) is -2.28. The molecule has 1 aromatic carbocycles. The number of carbonyl (C=O) groups excluding carboxylic acids is 1. The molecular formula is C15H19FN2O3. The second kappa shape index (κ2) is 6.67. The van der Waals surface area contributed by atoms with Gasteiger partial charge < -0.3 is 16.2 Å². The SMILES string of the molecule is NCC1CCCCC1C(=O)Nc1ccc(C(=O)O)cc1F. The van der Waals surface area contributed by atoms with Crippen molar-refractivity contribution in [3.8, 4) is 0 Å². The molecule has 2 unspecified atom stereocenters. The molecule has 21 heavy (non-hydrogen) atoms. The number of halogens is 1. The molecule has 1 amide bonds. The lowest BCUT2D eigenvalue weighted by Crippen LogP contribution is -2.35. The third kappa shape index (κ3) is 3.58. The van der Waals surface area contributed by atoms with Gasteiger partial charge in [-0.2, -0.15) is 0 Å².